The average molecular weight is 315 g/mol. The fourth-order valence-electron chi connectivity index (χ4n) is 2.88. The van der Waals surface area contributed by atoms with Crippen LogP contribution in [0.3, 0.4) is 0 Å². The zero-order valence-corrected chi connectivity index (χ0v) is 13.2. The maximum absolute atomic E-state index is 12.5. The molecule has 23 heavy (non-hydrogen) atoms. The lowest BCUT2D eigenvalue weighted by Crippen LogP contribution is -2.33. The van der Waals surface area contributed by atoms with E-state index in [0.29, 0.717) is 29.8 Å². The van der Waals surface area contributed by atoms with Gasteiger partial charge in [0, 0.05) is 26.1 Å². The van der Waals surface area contributed by atoms with Crippen molar-refractivity contribution in [3.8, 4) is 0 Å². The van der Waals surface area contributed by atoms with Gasteiger partial charge in [-0.05, 0) is 31.9 Å². The monoisotopic (exact) mass is 315 g/mol. The van der Waals surface area contributed by atoms with E-state index in [1.54, 1.807) is 17.6 Å². The van der Waals surface area contributed by atoms with Crippen LogP contribution < -0.4 is 10.9 Å². The molecule has 0 radical (unpaired) electrons. The summed E-state index contributed by atoms with van der Waals surface area (Å²) in [6.07, 6.45) is 2.43. The van der Waals surface area contributed by atoms with Crippen molar-refractivity contribution in [2.24, 2.45) is 0 Å². The number of ether oxygens (including phenoxy) is 1. The first kappa shape index (κ1) is 15.7. The summed E-state index contributed by atoms with van der Waals surface area (Å²) in [7, 11) is 0. The smallest absolute Gasteiger partial charge is 0.261 e. The summed E-state index contributed by atoms with van der Waals surface area (Å²) in [5, 5.41) is 3.45. The largest absolute Gasteiger partial charge is 0.376 e. The fraction of sp³-hybridized carbons (Fsp3) is 0.471. The minimum absolute atomic E-state index is 0.0695. The van der Waals surface area contributed by atoms with Crippen molar-refractivity contribution in [1.82, 2.24) is 14.9 Å². The SMILES string of the molecule is Cc1nc2ccccc2c(=O)n1CCC(=O)NC[C@@H]1CCCO1. The third kappa shape index (κ3) is 3.59. The molecule has 3 rings (SSSR count). The fourth-order valence-corrected chi connectivity index (χ4v) is 2.88. The van der Waals surface area contributed by atoms with E-state index in [2.05, 4.69) is 10.3 Å². The number of hydrogen-bond acceptors (Lipinski definition) is 4. The van der Waals surface area contributed by atoms with Crippen LogP contribution in [-0.2, 0) is 16.1 Å². The molecule has 122 valence electrons. The Balaban J connectivity index is 1.64. The third-order valence-corrected chi connectivity index (χ3v) is 4.17. The molecule has 1 atom stereocenters. The van der Waals surface area contributed by atoms with E-state index in [-0.39, 0.29) is 24.0 Å². The Morgan fingerprint density at radius 2 is 2.26 bits per heavy atom. The van der Waals surface area contributed by atoms with Crippen molar-refractivity contribution in [3.63, 3.8) is 0 Å². The normalized spacial score (nSPS) is 17.5. The van der Waals surface area contributed by atoms with E-state index < -0.39 is 0 Å². The molecule has 2 aromatic rings. The van der Waals surface area contributed by atoms with Crippen LogP contribution in [0.1, 0.15) is 25.1 Å². The Labute approximate surface area is 134 Å². The maximum Gasteiger partial charge on any atom is 0.261 e. The summed E-state index contributed by atoms with van der Waals surface area (Å²) < 4.78 is 7.04. The van der Waals surface area contributed by atoms with Crippen LogP contribution in [0.5, 0.6) is 0 Å². The summed E-state index contributed by atoms with van der Waals surface area (Å²) in [4.78, 5) is 28.9. The molecule has 6 heteroatoms. The molecular formula is C17H21N3O3. The molecule has 6 nitrogen and oxygen atoms in total. The number of amides is 1. The second-order valence-electron chi connectivity index (χ2n) is 5.82. The summed E-state index contributed by atoms with van der Waals surface area (Å²) >= 11 is 0. The number of carbonyl (C=O) groups excluding carboxylic acids is 1. The lowest BCUT2D eigenvalue weighted by Gasteiger charge is -2.12. The highest BCUT2D eigenvalue weighted by molar-refractivity contribution is 5.77. The first-order chi connectivity index (χ1) is 11.1. The average Bonchev–Trinajstić information content (AvgIpc) is 3.06. The van der Waals surface area contributed by atoms with E-state index in [0.717, 1.165) is 19.4 Å². The number of benzene rings is 1. The molecule has 2 heterocycles. The number of nitrogens with one attached hydrogen (secondary N) is 1. The predicted octanol–water partition coefficient (Wildman–Crippen LogP) is 1.39. The summed E-state index contributed by atoms with van der Waals surface area (Å²) in [6, 6.07) is 7.26. The van der Waals surface area contributed by atoms with Crippen molar-refractivity contribution in [2.75, 3.05) is 13.2 Å². The van der Waals surface area contributed by atoms with Crippen LogP contribution in [0.25, 0.3) is 10.9 Å². The van der Waals surface area contributed by atoms with Gasteiger partial charge in [0.05, 0.1) is 17.0 Å². The Morgan fingerprint density at radius 3 is 3.04 bits per heavy atom. The first-order valence-corrected chi connectivity index (χ1v) is 7.99. The quantitative estimate of drug-likeness (QED) is 0.905. The molecule has 1 N–H and O–H groups in total. The van der Waals surface area contributed by atoms with Crippen molar-refractivity contribution < 1.29 is 9.53 Å². The second-order valence-corrected chi connectivity index (χ2v) is 5.82. The number of para-hydroxylation sites is 1. The molecule has 0 saturated carbocycles. The molecule has 1 amide bonds. The minimum Gasteiger partial charge on any atom is -0.376 e. The van der Waals surface area contributed by atoms with E-state index >= 15 is 0 Å². The minimum atomic E-state index is -0.0972. The van der Waals surface area contributed by atoms with Crippen molar-refractivity contribution in [3.05, 3.63) is 40.4 Å². The van der Waals surface area contributed by atoms with Crippen LogP contribution in [0.15, 0.2) is 29.1 Å². The van der Waals surface area contributed by atoms with Crippen molar-refractivity contribution >= 4 is 16.8 Å². The van der Waals surface area contributed by atoms with Gasteiger partial charge < -0.3 is 10.1 Å². The Bertz CT molecular complexity index is 763. The molecule has 0 bridgehead atoms. The van der Waals surface area contributed by atoms with Gasteiger partial charge in [-0.2, -0.15) is 0 Å². The van der Waals surface area contributed by atoms with Gasteiger partial charge in [-0.15, -0.1) is 0 Å². The number of fused-ring (bicyclic) bond motifs is 1. The number of aromatic nitrogens is 2. The molecule has 1 fully saturated rings. The van der Waals surface area contributed by atoms with Gasteiger partial charge in [0.1, 0.15) is 5.82 Å². The molecule has 1 aliphatic rings. The van der Waals surface area contributed by atoms with Gasteiger partial charge >= 0.3 is 0 Å². The van der Waals surface area contributed by atoms with Gasteiger partial charge in [-0.3, -0.25) is 14.2 Å². The Hall–Kier alpha value is -2.21. The highest BCUT2D eigenvalue weighted by Crippen LogP contribution is 2.11. The van der Waals surface area contributed by atoms with E-state index in [4.69, 9.17) is 4.74 Å². The van der Waals surface area contributed by atoms with Gasteiger partial charge in [-0.1, -0.05) is 12.1 Å². The topological polar surface area (TPSA) is 73.2 Å². The van der Waals surface area contributed by atoms with Crippen LogP contribution >= 0.6 is 0 Å². The van der Waals surface area contributed by atoms with E-state index in [9.17, 15) is 9.59 Å². The molecule has 1 aromatic carbocycles. The molecular weight excluding hydrogens is 294 g/mol. The number of hydrogen-bond donors (Lipinski definition) is 1. The number of rotatable bonds is 5. The van der Waals surface area contributed by atoms with E-state index in [1.165, 1.54) is 0 Å². The zero-order valence-electron chi connectivity index (χ0n) is 13.2. The Kier molecular flexibility index (Phi) is 4.71. The summed E-state index contributed by atoms with van der Waals surface area (Å²) in [5.74, 6) is 0.556. The number of nitrogens with zero attached hydrogens (tertiary/aromatic N) is 2. The molecule has 0 aliphatic carbocycles. The highest BCUT2D eigenvalue weighted by Gasteiger charge is 2.16. The van der Waals surface area contributed by atoms with Gasteiger partial charge in [0.25, 0.3) is 5.56 Å². The van der Waals surface area contributed by atoms with Crippen LogP contribution in [0.2, 0.25) is 0 Å². The Morgan fingerprint density at radius 1 is 1.43 bits per heavy atom. The summed E-state index contributed by atoms with van der Waals surface area (Å²) in [5.41, 5.74) is 0.592. The van der Waals surface area contributed by atoms with Crippen LogP contribution in [0, 0.1) is 6.92 Å². The van der Waals surface area contributed by atoms with Gasteiger partial charge in [0.15, 0.2) is 0 Å². The standard InChI is InChI=1S/C17H21N3O3/c1-12-19-15-7-3-2-6-14(15)17(22)20(12)9-8-16(21)18-11-13-5-4-10-23-13/h2-3,6-7,13H,4-5,8-11H2,1H3,(H,18,21)/t13-/m0/s1. The van der Waals surface area contributed by atoms with Gasteiger partial charge in [-0.25, -0.2) is 4.98 Å². The molecule has 1 aromatic heterocycles. The van der Waals surface area contributed by atoms with E-state index in [1.807, 2.05) is 18.2 Å². The zero-order chi connectivity index (χ0) is 16.2. The lowest BCUT2D eigenvalue weighted by atomic mass is 10.2. The molecule has 0 spiro atoms. The third-order valence-electron chi connectivity index (χ3n) is 4.17. The van der Waals surface area contributed by atoms with Gasteiger partial charge in [0.2, 0.25) is 5.91 Å². The lowest BCUT2D eigenvalue weighted by molar-refractivity contribution is -0.121. The maximum atomic E-state index is 12.5. The predicted molar refractivity (Wildman–Crippen MR) is 87.3 cm³/mol. The molecule has 1 saturated heterocycles. The van der Waals surface area contributed by atoms with Crippen LogP contribution in [0.4, 0.5) is 0 Å². The number of aryl methyl sites for hydroxylation is 1. The first-order valence-electron chi connectivity index (χ1n) is 7.99. The van der Waals surface area contributed by atoms with Crippen LogP contribution in [-0.4, -0.2) is 34.7 Å². The summed E-state index contributed by atoms with van der Waals surface area (Å²) in [6.45, 7) is 3.44. The van der Waals surface area contributed by atoms with Crippen molar-refractivity contribution in [1.29, 1.82) is 0 Å². The number of carbonyl (C=O) groups is 1. The molecule has 0 unspecified atom stereocenters. The highest BCUT2D eigenvalue weighted by atomic mass is 16.5. The van der Waals surface area contributed by atoms with Crippen molar-refractivity contribution in [2.45, 2.75) is 38.8 Å². The second kappa shape index (κ2) is 6.91. The molecule has 1 aliphatic heterocycles.